The summed E-state index contributed by atoms with van der Waals surface area (Å²) in [5, 5.41) is 7.30. The lowest BCUT2D eigenvalue weighted by atomic mass is 9.94. The molecule has 0 aliphatic carbocycles. The SMILES string of the molecule is CCCN1C(=O)NC(c2cccc(OC)c2)C(c2nc(-c3ccc(C)cc3)no2)=C1C. The third kappa shape index (κ3) is 4.03. The highest BCUT2D eigenvalue weighted by molar-refractivity contribution is 5.87. The number of carbonyl (C=O) groups is 1. The van der Waals surface area contributed by atoms with Crippen LogP contribution in [0.2, 0.25) is 0 Å². The number of methoxy groups -OCH3 is 1. The molecule has 2 heterocycles. The first kappa shape index (κ1) is 20.7. The van der Waals surface area contributed by atoms with Gasteiger partial charge in [-0.1, -0.05) is 54.0 Å². The van der Waals surface area contributed by atoms with Crippen LogP contribution in [0.15, 0.2) is 58.8 Å². The smallest absolute Gasteiger partial charge is 0.322 e. The van der Waals surface area contributed by atoms with Crippen molar-refractivity contribution >= 4 is 11.6 Å². The molecule has 0 spiro atoms. The van der Waals surface area contributed by atoms with Crippen molar-refractivity contribution in [3.8, 4) is 17.1 Å². The molecule has 1 aliphatic rings. The van der Waals surface area contributed by atoms with E-state index in [2.05, 4.69) is 15.5 Å². The molecule has 0 saturated heterocycles. The molecule has 31 heavy (non-hydrogen) atoms. The Morgan fingerprint density at radius 1 is 1.16 bits per heavy atom. The van der Waals surface area contributed by atoms with Crippen LogP contribution in [0, 0.1) is 6.92 Å². The molecule has 1 N–H and O–H groups in total. The number of benzene rings is 2. The van der Waals surface area contributed by atoms with Crippen LogP contribution in [-0.4, -0.2) is 34.7 Å². The normalized spacial score (nSPS) is 16.5. The molecule has 4 rings (SSSR count). The highest BCUT2D eigenvalue weighted by Crippen LogP contribution is 2.38. The number of ether oxygens (including phenoxy) is 1. The van der Waals surface area contributed by atoms with Crippen molar-refractivity contribution in [3.63, 3.8) is 0 Å². The van der Waals surface area contributed by atoms with Crippen LogP contribution in [0.4, 0.5) is 4.79 Å². The van der Waals surface area contributed by atoms with E-state index < -0.39 is 6.04 Å². The van der Waals surface area contributed by atoms with E-state index in [4.69, 9.17) is 9.26 Å². The zero-order valence-electron chi connectivity index (χ0n) is 18.2. The van der Waals surface area contributed by atoms with E-state index in [1.807, 2.05) is 69.3 Å². The summed E-state index contributed by atoms with van der Waals surface area (Å²) < 4.78 is 11.1. The molecule has 3 aromatic rings. The van der Waals surface area contributed by atoms with E-state index in [1.165, 1.54) is 0 Å². The maximum atomic E-state index is 12.9. The van der Waals surface area contributed by atoms with Crippen LogP contribution in [0.3, 0.4) is 0 Å². The van der Waals surface area contributed by atoms with Crippen molar-refractivity contribution in [3.05, 3.63) is 71.2 Å². The topological polar surface area (TPSA) is 80.5 Å². The zero-order chi connectivity index (χ0) is 22.0. The van der Waals surface area contributed by atoms with Gasteiger partial charge in [-0.2, -0.15) is 4.98 Å². The number of allylic oxidation sites excluding steroid dienone is 1. The summed E-state index contributed by atoms with van der Waals surface area (Å²) in [4.78, 5) is 19.3. The predicted octanol–water partition coefficient (Wildman–Crippen LogP) is 4.96. The van der Waals surface area contributed by atoms with Crippen LogP contribution >= 0.6 is 0 Å². The molecule has 0 bridgehead atoms. The van der Waals surface area contributed by atoms with Gasteiger partial charge in [0.2, 0.25) is 5.82 Å². The molecular weight excluding hydrogens is 392 g/mol. The summed E-state index contributed by atoms with van der Waals surface area (Å²) in [5.74, 6) is 1.62. The van der Waals surface area contributed by atoms with Crippen LogP contribution < -0.4 is 10.1 Å². The van der Waals surface area contributed by atoms with Crippen molar-refractivity contribution in [2.75, 3.05) is 13.7 Å². The van der Waals surface area contributed by atoms with Gasteiger partial charge in [0.25, 0.3) is 5.89 Å². The Kier molecular flexibility index (Phi) is 5.75. The highest BCUT2D eigenvalue weighted by atomic mass is 16.5. The second-order valence-corrected chi connectivity index (χ2v) is 7.60. The Labute approximate surface area is 181 Å². The van der Waals surface area contributed by atoms with Gasteiger partial charge in [-0.05, 0) is 38.0 Å². The van der Waals surface area contributed by atoms with E-state index >= 15 is 0 Å². The van der Waals surface area contributed by atoms with Crippen LogP contribution in [0.1, 0.15) is 43.3 Å². The van der Waals surface area contributed by atoms with Gasteiger partial charge in [-0.15, -0.1) is 0 Å². The van der Waals surface area contributed by atoms with Crippen molar-refractivity contribution in [2.24, 2.45) is 0 Å². The number of aromatic nitrogens is 2. The maximum absolute atomic E-state index is 12.9. The quantitative estimate of drug-likeness (QED) is 0.612. The molecule has 2 amide bonds. The number of rotatable bonds is 6. The number of nitrogens with zero attached hydrogens (tertiary/aromatic N) is 3. The predicted molar refractivity (Wildman–Crippen MR) is 118 cm³/mol. The molecule has 7 heteroatoms. The Balaban J connectivity index is 1.81. The third-order valence-electron chi connectivity index (χ3n) is 5.44. The second-order valence-electron chi connectivity index (χ2n) is 7.60. The summed E-state index contributed by atoms with van der Waals surface area (Å²) in [6.45, 7) is 6.60. The fourth-order valence-corrected chi connectivity index (χ4v) is 3.78. The van der Waals surface area contributed by atoms with Crippen molar-refractivity contribution < 1.29 is 14.1 Å². The number of nitrogens with one attached hydrogen (secondary N) is 1. The minimum absolute atomic E-state index is 0.144. The first-order chi connectivity index (χ1) is 15.0. The third-order valence-corrected chi connectivity index (χ3v) is 5.44. The van der Waals surface area contributed by atoms with Crippen LogP contribution in [0.25, 0.3) is 17.0 Å². The summed E-state index contributed by atoms with van der Waals surface area (Å²) >= 11 is 0. The lowest BCUT2D eigenvalue weighted by molar-refractivity contribution is 0.205. The van der Waals surface area contributed by atoms with Gasteiger partial charge in [-0.3, -0.25) is 4.90 Å². The minimum Gasteiger partial charge on any atom is -0.497 e. The number of amides is 2. The first-order valence-corrected chi connectivity index (χ1v) is 10.4. The van der Waals surface area contributed by atoms with Gasteiger partial charge >= 0.3 is 6.03 Å². The van der Waals surface area contributed by atoms with Gasteiger partial charge in [0, 0.05) is 17.8 Å². The summed E-state index contributed by atoms with van der Waals surface area (Å²) in [6.07, 6.45) is 0.834. The van der Waals surface area contributed by atoms with Gasteiger partial charge in [0.15, 0.2) is 0 Å². The fraction of sp³-hybridized carbons (Fsp3) is 0.292. The number of hydrogen-bond donors (Lipinski definition) is 1. The summed E-state index contributed by atoms with van der Waals surface area (Å²) in [6, 6.07) is 15.0. The van der Waals surface area contributed by atoms with Crippen LogP contribution in [-0.2, 0) is 0 Å². The molecule has 1 aliphatic heterocycles. The van der Waals surface area contributed by atoms with Gasteiger partial charge < -0.3 is 14.6 Å². The highest BCUT2D eigenvalue weighted by Gasteiger charge is 2.35. The van der Waals surface area contributed by atoms with Gasteiger partial charge in [0.05, 0.1) is 18.7 Å². The van der Waals surface area contributed by atoms with Crippen LogP contribution in [0.5, 0.6) is 5.75 Å². The van der Waals surface area contributed by atoms with Gasteiger partial charge in [0.1, 0.15) is 5.75 Å². The number of hydrogen-bond acceptors (Lipinski definition) is 5. The van der Waals surface area contributed by atoms with E-state index in [0.717, 1.165) is 34.4 Å². The minimum atomic E-state index is -0.429. The molecule has 1 unspecified atom stereocenters. The summed E-state index contributed by atoms with van der Waals surface area (Å²) in [7, 11) is 1.62. The van der Waals surface area contributed by atoms with E-state index in [0.29, 0.717) is 24.0 Å². The molecule has 7 nitrogen and oxygen atoms in total. The number of aryl methyl sites for hydroxylation is 1. The molecule has 0 saturated carbocycles. The zero-order valence-corrected chi connectivity index (χ0v) is 18.2. The number of urea groups is 1. The number of carbonyl (C=O) groups excluding carboxylic acids is 1. The molecule has 0 fully saturated rings. The van der Waals surface area contributed by atoms with Crippen molar-refractivity contribution in [1.82, 2.24) is 20.4 Å². The van der Waals surface area contributed by atoms with E-state index in [9.17, 15) is 4.79 Å². The lowest BCUT2D eigenvalue weighted by Gasteiger charge is -2.35. The Morgan fingerprint density at radius 3 is 2.65 bits per heavy atom. The molecule has 1 atom stereocenters. The van der Waals surface area contributed by atoms with Gasteiger partial charge in [-0.25, -0.2) is 4.79 Å². The monoisotopic (exact) mass is 418 g/mol. The second kappa shape index (κ2) is 8.63. The Morgan fingerprint density at radius 2 is 1.94 bits per heavy atom. The van der Waals surface area contributed by atoms with Crippen molar-refractivity contribution in [2.45, 2.75) is 33.2 Å². The lowest BCUT2D eigenvalue weighted by Crippen LogP contribution is -2.46. The van der Waals surface area contributed by atoms with Crippen molar-refractivity contribution in [1.29, 1.82) is 0 Å². The molecule has 0 radical (unpaired) electrons. The maximum Gasteiger partial charge on any atom is 0.322 e. The summed E-state index contributed by atoms with van der Waals surface area (Å²) in [5.41, 5.74) is 4.51. The standard InChI is InChI=1S/C24H26N4O3/c1-5-13-28-16(3)20(21(25-24(28)29)18-7-6-8-19(14-18)30-4)23-26-22(27-31-23)17-11-9-15(2)10-12-17/h6-12,14,21H,5,13H2,1-4H3,(H,25,29). The molecule has 1 aromatic heterocycles. The first-order valence-electron chi connectivity index (χ1n) is 10.4. The van der Waals surface area contributed by atoms with E-state index in [-0.39, 0.29) is 6.03 Å². The Bertz CT molecular complexity index is 1120. The van der Waals surface area contributed by atoms with E-state index in [1.54, 1.807) is 12.0 Å². The average molecular weight is 418 g/mol. The molecule has 2 aromatic carbocycles. The molecule has 160 valence electrons. The average Bonchev–Trinajstić information content (AvgIpc) is 3.26. The fourth-order valence-electron chi connectivity index (χ4n) is 3.78. The largest absolute Gasteiger partial charge is 0.497 e. The Hall–Kier alpha value is -3.61. The molecular formula is C24H26N4O3.